The Balaban J connectivity index is 0.000000983. The van der Waals surface area contributed by atoms with Crippen molar-refractivity contribution in [1.82, 2.24) is 4.57 Å². The first-order chi connectivity index (χ1) is 18.5. The van der Waals surface area contributed by atoms with Crippen molar-refractivity contribution in [1.29, 1.82) is 0 Å². The van der Waals surface area contributed by atoms with Gasteiger partial charge in [0.1, 0.15) is 0 Å². The zero-order valence-electron chi connectivity index (χ0n) is 21.2. The molecular weight excluding hydrogens is 530 g/mol. The summed E-state index contributed by atoms with van der Waals surface area (Å²) in [5.41, 5.74) is 1.06. The second kappa shape index (κ2) is 12.1. The molecule has 39 heavy (non-hydrogen) atoms. The highest BCUT2D eigenvalue weighted by Crippen LogP contribution is 2.31. The van der Waals surface area contributed by atoms with E-state index in [-0.39, 0.29) is 21.4 Å². The summed E-state index contributed by atoms with van der Waals surface area (Å²) in [5.74, 6) is -2.01. The molecule has 0 amide bonds. The number of thiazole rings is 1. The van der Waals surface area contributed by atoms with E-state index in [9.17, 15) is 24.5 Å². The first-order valence-electron chi connectivity index (χ1n) is 11.2. The normalized spacial score (nSPS) is 14.4. The van der Waals surface area contributed by atoms with Crippen molar-refractivity contribution in [2.24, 2.45) is 4.99 Å². The van der Waals surface area contributed by atoms with Crippen molar-refractivity contribution in [3.8, 4) is 0 Å². The van der Waals surface area contributed by atoms with Crippen LogP contribution in [0.1, 0.15) is 41.4 Å². The third kappa shape index (κ3) is 6.15. The molecule has 13 heteroatoms. The fraction of sp³-hybridized carbons (Fsp3) is 0.192. The van der Waals surface area contributed by atoms with E-state index in [0.717, 1.165) is 18.3 Å². The van der Waals surface area contributed by atoms with Gasteiger partial charge in [0.25, 0.3) is 17.2 Å². The number of carboxylic acids is 1. The summed E-state index contributed by atoms with van der Waals surface area (Å²) in [6, 6.07) is 11.5. The summed E-state index contributed by atoms with van der Waals surface area (Å²) >= 11 is 1.06. The lowest BCUT2D eigenvalue weighted by Crippen LogP contribution is -2.39. The van der Waals surface area contributed by atoms with Gasteiger partial charge in [-0.25, -0.2) is 14.6 Å². The molecule has 0 spiro atoms. The second-order valence-corrected chi connectivity index (χ2v) is 9.03. The number of allylic oxidation sites excluding steroid dienone is 1. The van der Waals surface area contributed by atoms with Gasteiger partial charge in [0.05, 0.1) is 52.1 Å². The molecule has 1 atom stereocenters. The number of rotatable bonds is 5. The minimum Gasteiger partial charge on any atom is -0.481 e. The molecule has 1 aromatic heterocycles. The lowest BCUT2D eigenvalue weighted by molar-refractivity contribution is -0.385. The third-order valence-electron chi connectivity index (χ3n) is 5.49. The molecule has 0 bridgehead atoms. The summed E-state index contributed by atoms with van der Waals surface area (Å²) in [4.78, 5) is 62.8. The molecule has 1 aliphatic heterocycles. The van der Waals surface area contributed by atoms with E-state index in [1.807, 2.05) is 0 Å². The number of nitrogens with zero attached hydrogens (tertiary/aromatic N) is 3. The number of esters is 2. The van der Waals surface area contributed by atoms with Crippen LogP contribution in [0, 0.1) is 10.1 Å². The maximum atomic E-state index is 13.5. The summed E-state index contributed by atoms with van der Waals surface area (Å²) in [6.45, 7) is 2.72. The average molecular weight is 554 g/mol. The van der Waals surface area contributed by atoms with E-state index in [1.54, 1.807) is 37.3 Å². The number of para-hydroxylation sites is 1. The number of aromatic nitrogens is 1. The highest BCUT2D eigenvalue weighted by Gasteiger charge is 2.33. The molecule has 0 aliphatic carbocycles. The van der Waals surface area contributed by atoms with Crippen molar-refractivity contribution in [3.63, 3.8) is 0 Å². The van der Waals surface area contributed by atoms with Crippen LogP contribution < -0.4 is 14.9 Å². The van der Waals surface area contributed by atoms with E-state index >= 15 is 0 Å². The minimum atomic E-state index is -0.877. The van der Waals surface area contributed by atoms with Crippen molar-refractivity contribution in [2.45, 2.75) is 19.9 Å². The predicted octanol–water partition coefficient (Wildman–Crippen LogP) is 2.19. The van der Waals surface area contributed by atoms with Crippen LogP contribution in [0.4, 0.5) is 5.69 Å². The van der Waals surface area contributed by atoms with E-state index in [4.69, 9.17) is 19.4 Å². The van der Waals surface area contributed by atoms with Crippen LogP contribution in [-0.4, -0.2) is 46.7 Å². The van der Waals surface area contributed by atoms with Gasteiger partial charge in [-0.2, -0.15) is 0 Å². The van der Waals surface area contributed by atoms with Crippen molar-refractivity contribution < 1.29 is 33.9 Å². The minimum absolute atomic E-state index is 0.139. The third-order valence-corrected chi connectivity index (χ3v) is 6.48. The summed E-state index contributed by atoms with van der Waals surface area (Å²) in [7, 11) is 2.51. The van der Waals surface area contributed by atoms with Crippen LogP contribution in [0.15, 0.2) is 69.6 Å². The fourth-order valence-corrected chi connectivity index (χ4v) is 4.88. The number of carbonyl (C=O) groups is 3. The van der Waals surface area contributed by atoms with Crippen LogP contribution in [0.3, 0.4) is 0 Å². The monoisotopic (exact) mass is 553 g/mol. The Labute approximate surface area is 224 Å². The SMILES string of the molecule is CC(=O)O.COC(=O)C1=C(C)N=c2sc(=Cc3ccccc3[N+](=O)[O-])c(=O)n2C1c1ccc(C(=O)OC)cc1. The highest BCUT2D eigenvalue weighted by atomic mass is 32.1. The number of hydrogen-bond acceptors (Lipinski definition) is 10. The maximum absolute atomic E-state index is 13.5. The van der Waals surface area contributed by atoms with Crippen LogP contribution in [0.25, 0.3) is 6.08 Å². The average Bonchev–Trinajstić information content (AvgIpc) is 3.21. The Kier molecular flexibility index (Phi) is 8.88. The molecule has 1 unspecified atom stereocenters. The standard InChI is InChI=1S/C24H19N3O7S.C2H4O2/c1-13-19(23(30)34-3)20(14-8-10-15(11-9-14)22(29)33-2)26-21(28)18(35-24(26)25-13)12-16-6-4-5-7-17(16)27(31)32;1-2(3)4/h4-12,20H,1-3H3;1H3,(H,3,4). The van der Waals surface area contributed by atoms with E-state index in [0.29, 0.717) is 21.6 Å². The second-order valence-electron chi connectivity index (χ2n) is 8.02. The van der Waals surface area contributed by atoms with Crippen LogP contribution >= 0.6 is 11.3 Å². The van der Waals surface area contributed by atoms with Gasteiger partial charge in [-0.15, -0.1) is 0 Å². The number of ether oxygens (including phenoxy) is 2. The number of hydrogen-bond donors (Lipinski definition) is 1. The molecule has 3 aromatic rings. The zero-order chi connectivity index (χ0) is 28.9. The highest BCUT2D eigenvalue weighted by molar-refractivity contribution is 7.07. The van der Waals surface area contributed by atoms with Crippen LogP contribution in [-0.2, 0) is 19.1 Å². The van der Waals surface area contributed by atoms with Crippen LogP contribution in [0.5, 0.6) is 0 Å². The molecule has 0 saturated heterocycles. The van der Waals surface area contributed by atoms with Crippen molar-refractivity contribution in [3.05, 3.63) is 106 Å². The first kappa shape index (κ1) is 28.7. The van der Waals surface area contributed by atoms with Gasteiger partial charge in [0, 0.05) is 13.0 Å². The van der Waals surface area contributed by atoms with Gasteiger partial charge >= 0.3 is 11.9 Å². The van der Waals surface area contributed by atoms with Gasteiger partial charge in [-0.05, 0) is 36.8 Å². The van der Waals surface area contributed by atoms with Crippen molar-refractivity contribution in [2.75, 3.05) is 14.2 Å². The topological polar surface area (TPSA) is 167 Å². The number of fused-ring (bicyclic) bond motifs is 1. The van der Waals surface area contributed by atoms with Gasteiger partial charge in [-0.3, -0.25) is 24.3 Å². The molecule has 1 N–H and O–H groups in total. The van der Waals surface area contributed by atoms with Crippen molar-refractivity contribution >= 4 is 41.0 Å². The number of carbonyl (C=O) groups excluding carboxylic acids is 2. The fourth-order valence-electron chi connectivity index (χ4n) is 3.84. The summed E-state index contributed by atoms with van der Waals surface area (Å²) in [6.07, 6.45) is 1.44. The number of carboxylic acid groups (broad SMARTS) is 1. The molecule has 4 rings (SSSR count). The number of nitro benzene ring substituents is 1. The number of methoxy groups -OCH3 is 2. The Morgan fingerprint density at radius 3 is 2.23 bits per heavy atom. The molecule has 0 saturated carbocycles. The van der Waals surface area contributed by atoms with Gasteiger partial charge in [0.2, 0.25) is 0 Å². The molecule has 2 aromatic carbocycles. The molecular formula is C26H23N3O9S. The zero-order valence-corrected chi connectivity index (χ0v) is 22.1. The maximum Gasteiger partial charge on any atom is 0.338 e. The number of aliphatic carboxylic acids is 1. The summed E-state index contributed by atoms with van der Waals surface area (Å²) in [5, 5.41) is 18.8. The number of nitro groups is 1. The van der Waals surface area contributed by atoms with Gasteiger partial charge < -0.3 is 14.6 Å². The van der Waals surface area contributed by atoms with Gasteiger partial charge in [-0.1, -0.05) is 35.6 Å². The van der Waals surface area contributed by atoms with E-state index in [2.05, 4.69) is 4.99 Å². The Bertz CT molecular complexity index is 1660. The Morgan fingerprint density at radius 1 is 1.08 bits per heavy atom. The van der Waals surface area contributed by atoms with Gasteiger partial charge in [0.15, 0.2) is 4.80 Å². The molecule has 0 radical (unpaired) electrons. The first-order valence-corrected chi connectivity index (χ1v) is 12.0. The quantitative estimate of drug-likeness (QED) is 0.283. The van der Waals surface area contributed by atoms with Crippen LogP contribution in [0.2, 0.25) is 0 Å². The molecule has 12 nitrogen and oxygen atoms in total. The number of benzene rings is 2. The molecule has 1 aliphatic rings. The van der Waals surface area contributed by atoms with E-state index < -0.39 is 34.4 Å². The Morgan fingerprint density at radius 2 is 1.67 bits per heavy atom. The summed E-state index contributed by atoms with van der Waals surface area (Å²) < 4.78 is 11.3. The largest absolute Gasteiger partial charge is 0.481 e. The Hall–Kier alpha value is -4.91. The lowest BCUT2D eigenvalue weighted by atomic mass is 9.95. The lowest BCUT2D eigenvalue weighted by Gasteiger charge is -2.24. The van der Waals surface area contributed by atoms with E-state index in [1.165, 1.54) is 43.1 Å². The molecule has 0 fully saturated rings. The molecule has 2 heterocycles. The molecule has 202 valence electrons. The predicted molar refractivity (Wildman–Crippen MR) is 140 cm³/mol. The smallest absolute Gasteiger partial charge is 0.338 e.